The van der Waals surface area contributed by atoms with Crippen LogP contribution >= 0.6 is 0 Å². The van der Waals surface area contributed by atoms with E-state index in [1.165, 1.54) is 7.11 Å². The van der Waals surface area contributed by atoms with E-state index in [0.717, 1.165) is 5.56 Å². The second-order valence-corrected chi connectivity index (χ2v) is 5.53. The molecule has 1 aromatic rings. The lowest BCUT2D eigenvalue weighted by molar-refractivity contribution is -0.156. The Morgan fingerprint density at radius 2 is 1.75 bits per heavy atom. The van der Waals surface area contributed by atoms with Gasteiger partial charge >= 0.3 is 11.9 Å². The molecule has 0 amide bonds. The number of methoxy groups -OCH3 is 1. The minimum absolute atomic E-state index is 0.358. The zero-order valence-electron chi connectivity index (χ0n) is 12.3. The van der Waals surface area contributed by atoms with Gasteiger partial charge < -0.3 is 15.2 Å². The number of benzene rings is 1. The summed E-state index contributed by atoms with van der Waals surface area (Å²) in [4.78, 5) is 23.1. The molecule has 5 nitrogen and oxygen atoms in total. The van der Waals surface area contributed by atoms with Crippen LogP contribution in [0.15, 0.2) is 24.3 Å². The number of nitrogens with two attached hydrogens (primary N) is 1. The molecule has 0 aliphatic heterocycles. The molecule has 0 aromatic heterocycles. The Morgan fingerprint density at radius 1 is 1.20 bits per heavy atom. The third-order valence-corrected chi connectivity index (χ3v) is 2.54. The number of hydrogen-bond acceptors (Lipinski definition) is 5. The third-order valence-electron chi connectivity index (χ3n) is 2.54. The molecule has 5 heteroatoms. The smallest absolute Gasteiger partial charge is 0.337 e. The van der Waals surface area contributed by atoms with Crippen LogP contribution in [0.2, 0.25) is 0 Å². The van der Waals surface area contributed by atoms with Gasteiger partial charge in [0.1, 0.15) is 11.6 Å². The normalized spacial score (nSPS) is 12.7. The van der Waals surface area contributed by atoms with Gasteiger partial charge in [-0.2, -0.15) is 0 Å². The van der Waals surface area contributed by atoms with Crippen LogP contribution in [-0.2, 0) is 20.7 Å². The van der Waals surface area contributed by atoms with Crippen molar-refractivity contribution < 1.29 is 19.1 Å². The molecular weight excluding hydrogens is 258 g/mol. The van der Waals surface area contributed by atoms with E-state index in [1.807, 2.05) is 0 Å². The maximum absolute atomic E-state index is 11.8. The van der Waals surface area contributed by atoms with Gasteiger partial charge in [-0.25, -0.2) is 4.79 Å². The minimum Gasteiger partial charge on any atom is -0.465 e. The molecule has 0 fully saturated rings. The summed E-state index contributed by atoms with van der Waals surface area (Å²) in [6, 6.07) is 6.05. The van der Waals surface area contributed by atoms with Gasteiger partial charge in [-0.3, -0.25) is 4.79 Å². The Balaban J connectivity index is 2.64. The van der Waals surface area contributed by atoms with Crippen molar-refractivity contribution in [3.63, 3.8) is 0 Å². The van der Waals surface area contributed by atoms with Crippen LogP contribution in [0, 0.1) is 0 Å². The predicted molar refractivity (Wildman–Crippen MR) is 75.3 cm³/mol. The first kappa shape index (κ1) is 16.2. The lowest BCUT2D eigenvalue weighted by atomic mass is 10.0. The van der Waals surface area contributed by atoms with Crippen LogP contribution in [0.3, 0.4) is 0 Å². The van der Waals surface area contributed by atoms with Gasteiger partial charge in [0.05, 0.1) is 12.7 Å². The van der Waals surface area contributed by atoms with E-state index in [0.29, 0.717) is 12.0 Å². The maximum Gasteiger partial charge on any atom is 0.337 e. The van der Waals surface area contributed by atoms with E-state index in [4.69, 9.17) is 10.5 Å². The molecule has 0 saturated heterocycles. The molecule has 1 aromatic carbocycles. The number of rotatable bonds is 4. The van der Waals surface area contributed by atoms with Crippen molar-refractivity contribution in [1.29, 1.82) is 0 Å². The van der Waals surface area contributed by atoms with Gasteiger partial charge in [0.15, 0.2) is 0 Å². The Hall–Kier alpha value is -1.88. The summed E-state index contributed by atoms with van der Waals surface area (Å²) in [5.41, 5.74) is 6.58. The highest BCUT2D eigenvalue weighted by atomic mass is 16.6. The zero-order valence-corrected chi connectivity index (χ0v) is 12.3. The first-order chi connectivity index (χ1) is 9.23. The largest absolute Gasteiger partial charge is 0.465 e. The fraction of sp³-hybridized carbons (Fsp3) is 0.467. The fourth-order valence-electron chi connectivity index (χ4n) is 1.61. The average molecular weight is 279 g/mol. The summed E-state index contributed by atoms with van der Waals surface area (Å²) in [5.74, 6) is -0.831. The summed E-state index contributed by atoms with van der Waals surface area (Å²) in [7, 11) is 1.33. The van der Waals surface area contributed by atoms with Gasteiger partial charge in [0.2, 0.25) is 0 Å². The van der Waals surface area contributed by atoms with Gasteiger partial charge in [-0.05, 0) is 44.9 Å². The molecule has 0 aliphatic carbocycles. The van der Waals surface area contributed by atoms with E-state index < -0.39 is 23.6 Å². The maximum atomic E-state index is 11.8. The molecule has 0 bridgehead atoms. The number of carbonyl (C=O) groups is 2. The number of esters is 2. The number of carbonyl (C=O) groups excluding carboxylic acids is 2. The van der Waals surface area contributed by atoms with E-state index in [1.54, 1.807) is 45.0 Å². The summed E-state index contributed by atoms with van der Waals surface area (Å²) in [6.45, 7) is 5.38. The van der Waals surface area contributed by atoms with Crippen molar-refractivity contribution >= 4 is 11.9 Å². The quantitative estimate of drug-likeness (QED) is 0.848. The van der Waals surface area contributed by atoms with Crippen molar-refractivity contribution in [2.45, 2.75) is 38.8 Å². The Labute approximate surface area is 119 Å². The second kappa shape index (κ2) is 6.52. The molecule has 2 N–H and O–H groups in total. The Morgan fingerprint density at radius 3 is 2.20 bits per heavy atom. The minimum atomic E-state index is -0.724. The fourth-order valence-corrected chi connectivity index (χ4v) is 1.61. The standard InChI is InChI=1S/C15H21NO4/c1-15(2,3)20-14(18)12(16)9-10-5-7-11(8-6-10)13(17)19-4/h5-8,12H,9,16H2,1-4H3. The lowest BCUT2D eigenvalue weighted by Crippen LogP contribution is -2.38. The molecular formula is C15H21NO4. The molecule has 1 rings (SSSR count). The van der Waals surface area contributed by atoms with Gasteiger partial charge in [-0.1, -0.05) is 12.1 Å². The first-order valence-corrected chi connectivity index (χ1v) is 6.38. The van der Waals surface area contributed by atoms with Crippen LogP contribution in [0.25, 0.3) is 0 Å². The van der Waals surface area contributed by atoms with E-state index in [9.17, 15) is 9.59 Å². The van der Waals surface area contributed by atoms with Crippen LogP contribution in [0.1, 0.15) is 36.7 Å². The summed E-state index contributed by atoms with van der Waals surface area (Å²) in [5, 5.41) is 0. The molecule has 110 valence electrons. The Kier molecular flexibility index (Phi) is 5.27. The van der Waals surface area contributed by atoms with Crippen LogP contribution in [-0.4, -0.2) is 30.7 Å². The van der Waals surface area contributed by atoms with Crippen molar-refractivity contribution in [2.24, 2.45) is 5.73 Å². The third kappa shape index (κ3) is 5.01. The average Bonchev–Trinajstić information content (AvgIpc) is 2.36. The summed E-state index contributed by atoms with van der Waals surface area (Å²) >= 11 is 0. The second-order valence-electron chi connectivity index (χ2n) is 5.53. The summed E-state index contributed by atoms with van der Waals surface area (Å²) in [6.07, 6.45) is 0.358. The molecule has 1 unspecified atom stereocenters. The molecule has 0 spiro atoms. The Bertz CT molecular complexity index is 474. The van der Waals surface area contributed by atoms with Crippen molar-refractivity contribution in [2.75, 3.05) is 7.11 Å². The van der Waals surface area contributed by atoms with Gasteiger partial charge in [0, 0.05) is 0 Å². The monoisotopic (exact) mass is 279 g/mol. The van der Waals surface area contributed by atoms with Crippen LogP contribution < -0.4 is 5.73 Å². The lowest BCUT2D eigenvalue weighted by Gasteiger charge is -2.22. The van der Waals surface area contributed by atoms with Crippen molar-refractivity contribution in [3.05, 3.63) is 35.4 Å². The summed E-state index contributed by atoms with van der Waals surface area (Å²) < 4.78 is 9.83. The molecule has 1 atom stereocenters. The molecule has 0 radical (unpaired) electrons. The van der Waals surface area contributed by atoms with E-state index >= 15 is 0 Å². The van der Waals surface area contributed by atoms with Crippen LogP contribution in [0.5, 0.6) is 0 Å². The molecule has 20 heavy (non-hydrogen) atoms. The number of ether oxygens (including phenoxy) is 2. The van der Waals surface area contributed by atoms with Gasteiger partial charge in [0.25, 0.3) is 0 Å². The molecule has 0 aliphatic rings. The van der Waals surface area contributed by atoms with E-state index in [2.05, 4.69) is 4.74 Å². The van der Waals surface area contributed by atoms with Crippen molar-refractivity contribution in [1.82, 2.24) is 0 Å². The predicted octanol–water partition coefficient (Wildman–Crippen LogP) is 1.68. The van der Waals surface area contributed by atoms with E-state index in [-0.39, 0.29) is 0 Å². The highest BCUT2D eigenvalue weighted by Gasteiger charge is 2.22. The topological polar surface area (TPSA) is 78.6 Å². The number of hydrogen-bond donors (Lipinski definition) is 1. The molecule has 0 heterocycles. The highest BCUT2D eigenvalue weighted by Crippen LogP contribution is 2.11. The highest BCUT2D eigenvalue weighted by molar-refractivity contribution is 5.89. The SMILES string of the molecule is COC(=O)c1ccc(CC(N)C(=O)OC(C)(C)C)cc1. The zero-order chi connectivity index (χ0) is 15.3. The van der Waals surface area contributed by atoms with Crippen molar-refractivity contribution in [3.8, 4) is 0 Å². The van der Waals surface area contributed by atoms with Crippen LogP contribution in [0.4, 0.5) is 0 Å². The van der Waals surface area contributed by atoms with Gasteiger partial charge in [-0.15, -0.1) is 0 Å². The first-order valence-electron chi connectivity index (χ1n) is 6.38. The molecule has 0 saturated carbocycles.